The van der Waals surface area contributed by atoms with Crippen LogP contribution in [0.3, 0.4) is 0 Å². The summed E-state index contributed by atoms with van der Waals surface area (Å²) in [5, 5.41) is 0. The zero-order valence-electron chi connectivity index (χ0n) is 6.88. The standard InChI is InChI=1S/C10H16/c1-7-5-9(6-7)10-4-3-8(10)2/h3-4,7-10H,5-6H2,1-2H3. The summed E-state index contributed by atoms with van der Waals surface area (Å²) in [7, 11) is 0. The predicted molar refractivity (Wildman–Crippen MR) is 43.7 cm³/mol. The molecule has 0 aromatic carbocycles. The molecule has 0 nitrogen and oxygen atoms in total. The quantitative estimate of drug-likeness (QED) is 0.486. The molecule has 2 unspecified atom stereocenters. The lowest BCUT2D eigenvalue weighted by molar-refractivity contribution is 0.129. The minimum Gasteiger partial charge on any atom is -0.0848 e. The molecule has 0 spiro atoms. The van der Waals surface area contributed by atoms with E-state index < -0.39 is 0 Å². The fourth-order valence-electron chi connectivity index (χ4n) is 2.33. The lowest BCUT2D eigenvalue weighted by atomic mass is 9.62. The van der Waals surface area contributed by atoms with E-state index in [0.29, 0.717) is 0 Å². The molecule has 10 heavy (non-hydrogen) atoms. The van der Waals surface area contributed by atoms with E-state index in [2.05, 4.69) is 26.0 Å². The van der Waals surface area contributed by atoms with Gasteiger partial charge in [0.2, 0.25) is 0 Å². The molecule has 2 aliphatic carbocycles. The van der Waals surface area contributed by atoms with Crippen molar-refractivity contribution < 1.29 is 0 Å². The Morgan fingerprint density at radius 2 is 1.80 bits per heavy atom. The Hall–Kier alpha value is -0.260. The van der Waals surface area contributed by atoms with Crippen LogP contribution in [-0.4, -0.2) is 0 Å². The first-order chi connectivity index (χ1) is 4.77. The molecule has 0 aromatic rings. The third-order valence-electron chi connectivity index (χ3n) is 3.20. The van der Waals surface area contributed by atoms with E-state index in [-0.39, 0.29) is 0 Å². The van der Waals surface area contributed by atoms with Crippen molar-refractivity contribution in [3.05, 3.63) is 12.2 Å². The minimum atomic E-state index is 0.887. The Balaban J connectivity index is 1.86. The fraction of sp³-hybridized carbons (Fsp3) is 0.800. The Kier molecular flexibility index (Phi) is 1.36. The summed E-state index contributed by atoms with van der Waals surface area (Å²) in [4.78, 5) is 0. The van der Waals surface area contributed by atoms with E-state index >= 15 is 0 Å². The molecule has 0 amide bonds. The molecule has 0 aromatic heterocycles. The van der Waals surface area contributed by atoms with Crippen molar-refractivity contribution in [2.75, 3.05) is 0 Å². The monoisotopic (exact) mass is 136 g/mol. The molecule has 0 heterocycles. The van der Waals surface area contributed by atoms with E-state index in [0.717, 1.165) is 23.7 Å². The van der Waals surface area contributed by atoms with E-state index in [1.807, 2.05) is 0 Å². The SMILES string of the molecule is CC1CC(C2C=CC2C)C1. The maximum atomic E-state index is 2.40. The topological polar surface area (TPSA) is 0 Å². The highest BCUT2D eigenvalue weighted by atomic mass is 14.4. The molecule has 0 saturated heterocycles. The van der Waals surface area contributed by atoms with Gasteiger partial charge in [-0.05, 0) is 36.5 Å². The van der Waals surface area contributed by atoms with Gasteiger partial charge in [0.05, 0.1) is 0 Å². The van der Waals surface area contributed by atoms with Crippen LogP contribution in [0.2, 0.25) is 0 Å². The largest absolute Gasteiger partial charge is 0.0848 e. The third kappa shape index (κ3) is 0.817. The molecule has 0 radical (unpaired) electrons. The average molecular weight is 136 g/mol. The van der Waals surface area contributed by atoms with Crippen LogP contribution in [0.4, 0.5) is 0 Å². The van der Waals surface area contributed by atoms with Gasteiger partial charge in [0.15, 0.2) is 0 Å². The Morgan fingerprint density at radius 1 is 1.10 bits per heavy atom. The van der Waals surface area contributed by atoms with Crippen LogP contribution in [0.25, 0.3) is 0 Å². The van der Waals surface area contributed by atoms with Crippen LogP contribution in [-0.2, 0) is 0 Å². The van der Waals surface area contributed by atoms with E-state index in [1.165, 1.54) is 12.8 Å². The molecule has 2 atom stereocenters. The lowest BCUT2D eigenvalue weighted by Crippen LogP contribution is -2.33. The summed E-state index contributed by atoms with van der Waals surface area (Å²) >= 11 is 0. The van der Waals surface area contributed by atoms with Gasteiger partial charge in [-0.3, -0.25) is 0 Å². The zero-order chi connectivity index (χ0) is 7.14. The highest BCUT2D eigenvalue weighted by molar-refractivity contribution is 5.11. The molecule has 0 bridgehead atoms. The second-order valence-corrected chi connectivity index (χ2v) is 4.16. The van der Waals surface area contributed by atoms with Crippen LogP contribution in [0, 0.1) is 23.7 Å². The summed E-state index contributed by atoms with van der Waals surface area (Å²) in [5.41, 5.74) is 0. The molecule has 56 valence electrons. The van der Waals surface area contributed by atoms with Crippen molar-refractivity contribution in [3.63, 3.8) is 0 Å². The van der Waals surface area contributed by atoms with Gasteiger partial charge in [-0.15, -0.1) is 0 Å². The molecule has 0 aliphatic heterocycles. The van der Waals surface area contributed by atoms with Crippen molar-refractivity contribution >= 4 is 0 Å². The summed E-state index contributed by atoms with van der Waals surface area (Å²) in [6, 6.07) is 0. The molecule has 1 saturated carbocycles. The van der Waals surface area contributed by atoms with Gasteiger partial charge in [0.1, 0.15) is 0 Å². The third-order valence-corrected chi connectivity index (χ3v) is 3.20. The first-order valence-electron chi connectivity index (χ1n) is 4.45. The predicted octanol–water partition coefficient (Wildman–Crippen LogP) is 2.85. The lowest BCUT2D eigenvalue weighted by Gasteiger charge is -2.43. The summed E-state index contributed by atoms with van der Waals surface area (Å²) in [6.45, 7) is 4.71. The molecule has 0 N–H and O–H groups in total. The van der Waals surface area contributed by atoms with Crippen molar-refractivity contribution in [1.82, 2.24) is 0 Å². The van der Waals surface area contributed by atoms with Crippen LogP contribution < -0.4 is 0 Å². The van der Waals surface area contributed by atoms with Crippen molar-refractivity contribution in [2.45, 2.75) is 26.7 Å². The number of hydrogen-bond acceptors (Lipinski definition) is 0. The Bertz CT molecular complexity index is 151. The van der Waals surface area contributed by atoms with Crippen molar-refractivity contribution in [1.29, 1.82) is 0 Å². The fourth-order valence-corrected chi connectivity index (χ4v) is 2.33. The average Bonchev–Trinajstić information content (AvgIpc) is 1.82. The number of hydrogen-bond donors (Lipinski definition) is 0. The van der Waals surface area contributed by atoms with Crippen molar-refractivity contribution in [3.8, 4) is 0 Å². The molecule has 0 heteroatoms. The van der Waals surface area contributed by atoms with Gasteiger partial charge in [-0.1, -0.05) is 26.0 Å². The second kappa shape index (κ2) is 2.11. The first-order valence-corrected chi connectivity index (χ1v) is 4.45. The van der Waals surface area contributed by atoms with Crippen LogP contribution in [0.15, 0.2) is 12.2 Å². The van der Waals surface area contributed by atoms with Crippen molar-refractivity contribution in [2.24, 2.45) is 23.7 Å². The maximum Gasteiger partial charge on any atom is -0.0145 e. The molecule has 2 aliphatic rings. The number of rotatable bonds is 1. The second-order valence-electron chi connectivity index (χ2n) is 4.16. The highest BCUT2D eigenvalue weighted by Gasteiger charge is 2.35. The van der Waals surface area contributed by atoms with Crippen LogP contribution in [0.5, 0.6) is 0 Å². The smallest absolute Gasteiger partial charge is 0.0145 e. The summed E-state index contributed by atoms with van der Waals surface area (Å²) in [6.07, 6.45) is 7.72. The first kappa shape index (κ1) is 6.45. The van der Waals surface area contributed by atoms with Crippen LogP contribution in [0.1, 0.15) is 26.7 Å². The van der Waals surface area contributed by atoms with Gasteiger partial charge < -0.3 is 0 Å². The van der Waals surface area contributed by atoms with Gasteiger partial charge in [-0.25, -0.2) is 0 Å². The zero-order valence-corrected chi connectivity index (χ0v) is 6.88. The maximum absolute atomic E-state index is 2.40. The summed E-state index contributed by atoms with van der Waals surface area (Å²) < 4.78 is 0. The number of allylic oxidation sites excluding steroid dienone is 2. The minimum absolute atomic E-state index is 0.887. The van der Waals surface area contributed by atoms with Gasteiger partial charge in [-0.2, -0.15) is 0 Å². The van der Waals surface area contributed by atoms with Gasteiger partial charge in [0.25, 0.3) is 0 Å². The highest BCUT2D eigenvalue weighted by Crippen LogP contribution is 2.45. The van der Waals surface area contributed by atoms with E-state index in [4.69, 9.17) is 0 Å². The molecular weight excluding hydrogens is 120 g/mol. The Morgan fingerprint density at radius 3 is 2.10 bits per heavy atom. The van der Waals surface area contributed by atoms with E-state index in [9.17, 15) is 0 Å². The van der Waals surface area contributed by atoms with Crippen LogP contribution >= 0.6 is 0 Å². The molecule has 1 fully saturated rings. The Labute approximate surface area is 63.3 Å². The summed E-state index contributed by atoms with van der Waals surface area (Å²) in [5.74, 6) is 3.91. The van der Waals surface area contributed by atoms with E-state index in [1.54, 1.807) is 0 Å². The normalized spacial score (nSPS) is 51.8. The van der Waals surface area contributed by atoms with Gasteiger partial charge in [0, 0.05) is 0 Å². The molecular formula is C10H16. The van der Waals surface area contributed by atoms with Gasteiger partial charge >= 0.3 is 0 Å². The molecule has 2 rings (SSSR count).